The Labute approximate surface area is 152 Å². The Balaban J connectivity index is 1.49. The third kappa shape index (κ3) is 4.73. The number of nitrogens with zero attached hydrogens (tertiary/aromatic N) is 2. The third-order valence-electron chi connectivity index (χ3n) is 3.50. The van der Waals surface area contributed by atoms with Crippen LogP contribution in [0.3, 0.4) is 0 Å². The van der Waals surface area contributed by atoms with E-state index in [1.54, 1.807) is 6.07 Å². The normalized spacial score (nSPS) is 10.6. The summed E-state index contributed by atoms with van der Waals surface area (Å²) in [6, 6.07) is 14.0. The highest BCUT2D eigenvalue weighted by atomic mass is 79.9. The topological polar surface area (TPSA) is 68.0 Å². The van der Waals surface area contributed by atoms with Crippen LogP contribution in [0.5, 0.6) is 0 Å². The molecular weight excluding hydrogens is 389 g/mol. The Morgan fingerprint density at radius 1 is 1.20 bits per heavy atom. The van der Waals surface area contributed by atoms with Crippen LogP contribution in [0.1, 0.15) is 18.7 Å². The zero-order valence-electron chi connectivity index (χ0n) is 13.2. The number of rotatable bonds is 6. The molecule has 0 spiro atoms. The van der Waals surface area contributed by atoms with Crippen molar-refractivity contribution in [3.63, 3.8) is 0 Å². The van der Waals surface area contributed by atoms with Crippen molar-refractivity contribution in [2.45, 2.75) is 19.3 Å². The molecule has 3 aromatic rings. The van der Waals surface area contributed by atoms with E-state index < -0.39 is 5.82 Å². The molecule has 1 heterocycles. The second-order valence-electron chi connectivity index (χ2n) is 5.40. The smallest absolute Gasteiger partial charge is 0.226 e. The molecular formula is C18H15BrFN3O2. The maximum absolute atomic E-state index is 13.7. The fourth-order valence-corrected chi connectivity index (χ4v) is 2.60. The predicted octanol–water partition coefficient (Wildman–Crippen LogP) is 4.60. The highest BCUT2D eigenvalue weighted by Crippen LogP contribution is 2.20. The summed E-state index contributed by atoms with van der Waals surface area (Å²) in [5, 5.41) is 6.48. The van der Waals surface area contributed by atoms with Crippen molar-refractivity contribution in [2.24, 2.45) is 0 Å². The molecule has 5 nitrogen and oxygen atoms in total. The third-order valence-corrected chi connectivity index (χ3v) is 3.99. The van der Waals surface area contributed by atoms with Gasteiger partial charge in [-0.2, -0.15) is 4.98 Å². The Morgan fingerprint density at radius 2 is 2.00 bits per heavy atom. The molecule has 0 atom stereocenters. The summed E-state index contributed by atoms with van der Waals surface area (Å²) in [5.41, 5.74) is 1.04. The van der Waals surface area contributed by atoms with E-state index in [1.165, 1.54) is 12.1 Å². The van der Waals surface area contributed by atoms with E-state index in [-0.39, 0.29) is 18.0 Å². The van der Waals surface area contributed by atoms with Crippen molar-refractivity contribution in [2.75, 3.05) is 5.32 Å². The molecule has 0 aliphatic carbocycles. The van der Waals surface area contributed by atoms with Gasteiger partial charge in [-0.05, 0) is 24.6 Å². The van der Waals surface area contributed by atoms with Gasteiger partial charge in [0.1, 0.15) is 5.82 Å². The van der Waals surface area contributed by atoms with Gasteiger partial charge in [0.2, 0.25) is 17.6 Å². The number of anilines is 1. The highest BCUT2D eigenvalue weighted by molar-refractivity contribution is 9.10. The minimum Gasteiger partial charge on any atom is -0.339 e. The van der Waals surface area contributed by atoms with Gasteiger partial charge in [0, 0.05) is 22.9 Å². The minimum atomic E-state index is -0.480. The lowest BCUT2D eigenvalue weighted by Crippen LogP contribution is -2.12. The number of amides is 1. The van der Waals surface area contributed by atoms with E-state index in [1.807, 2.05) is 30.3 Å². The Kier molecular flexibility index (Phi) is 5.55. The maximum atomic E-state index is 13.7. The molecule has 0 radical (unpaired) electrons. The van der Waals surface area contributed by atoms with E-state index in [0.717, 1.165) is 5.56 Å². The number of carbonyl (C=O) groups excluding carboxylic acids is 1. The van der Waals surface area contributed by atoms with Crippen molar-refractivity contribution in [1.82, 2.24) is 10.1 Å². The summed E-state index contributed by atoms with van der Waals surface area (Å²) in [7, 11) is 0. The number of halogens is 2. The molecule has 1 N–H and O–H groups in total. The van der Waals surface area contributed by atoms with Crippen LogP contribution in [-0.2, 0) is 11.2 Å². The molecule has 0 aliphatic rings. The molecule has 25 heavy (non-hydrogen) atoms. The van der Waals surface area contributed by atoms with Crippen molar-refractivity contribution < 1.29 is 13.7 Å². The van der Waals surface area contributed by atoms with Gasteiger partial charge < -0.3 is 9.84 Å². The van der Waals surface area contributed by atoms with Crippen molar-refractivity contribution >= 4 is 27.5 Å². The zero-order valence-corrected chi connectivity index (χ0v) is 14.8. The van der Waals surface area contributed by atoms with E-state index in [2.05, 4.69) is 31.4 Å². The van der Waals surface area contributed by atoms with Crippen LogP contribution in [0.15, 0.2) is 57.5 Å². The lowest BCUT2D eigenvalue weighted by Gasteiger charge is -2.06. The first kappa shape index (κ1) is 17.3. The van der Waals surface area contributed by atoms with E-state index in [4.69, 9.17) is 4.52 Å². The Hall–Kier alpha value is -2.54. The fraction of sp³-hybridized carbons (Fsp3) is 0.167. The molecule has 0 saturated heterocycles. The van der Waals surface area contributed by atoms with Gasteiger partial charge in [-0.15, -0.1) is 0 Å². The number of hydrogen-bond donors (Lipinski definition) is 1. The zero-order chi connectivity index (χ0) is 17.6. The molecule has 7 heteroatoms. The van der Waals surface area contributed by atoms with Gasteiger partial charge in [-0.25, -0.2) is 4.39 Å². The Morgan fingerprint density at radius 3 is 2.76 bits per heavy atom. The lowest BCUT2D eigenvalue weighted by atomic mass is 10.2. The van der Waals surface area contributed by atoms with Crippen LogP contribution in [0, 0.1) is 5.82 Å². The molecule has 1 aromatic heterocycles. The summed E-state index contributed by atoms with van der Waals surface area (Å²) >= 11 is 3.17. The molecule has 0 fully saturated rings. The molecule has 0 saturated carbocycles. The fourth-order valence-electron chi connectivity index (χ4n) is 2.26. The number of aryl methyl sites for hydroxylation is 1. The first-order chi connectivity index (χ1) is 12.1. The molecule has 0 aliphatic heterocycles. The number of aromatic nitrogens is 2. The lowest BCUT2D eigenvalue weighted by molar-refractivity contribution is -0.116. The molecule has 1 amide bonds. The van der Waals surface area contributed by atoms with Gasteiger partial charge in [0.25, 0.3) is 0 Å². The van der Waals surface area contributed by atoms with Gasteiger partial charge in [0.15, 0.2) is 0 Å². The average Bonchev–Trinajstić information content (AvgIpc) is 3.07. The molecule has 3 rings (SSSR count). The Bertz CT molecular complexity index is 868. The van der Waals surface area contributed by atoms with Crippen LogP contribution < -0.4 is 5.32 Å². The van der Waals surface area contributed by atoms with E-state index in [9.17, 15) is 9.18 Å². The second kappa shape index (κ2) is 8.02. The standard InChI is InChI=1S/C18H15BrFN3O2/c19-13-9-10-15(14(20)11-13)21-16(24)7-4-8-17-22-18(23-25-17)12-5-2-1-3-6-12/h1-3,5-6,9-11H,4,7-8H2,(H,21,24). The number of benzene rings is 2. The van der Waals surface area contributed by atoms with Gasteiger partial charge >= 0.3 is 0 Å². The molecule has 128 valence electrons. The second-order valence-corrected chi connectivity index (χ2v) is 6.32. The number of hydrogen-bond acceptors (Lipinski definition) is 4. The van der Waals surface area contributed by atoms with E-state index in [0.29, 0.717) is 29.0 Å². The minimum absolute atomic E-state index is 0.164. The largest absolute Gasteiger partial charge is 0.339 e. The average molecular weight is 404 g/mol. The van der Waals surface area contributed by atoms with Crippen LogP contribution in [0.2, 0.25) is 0 Å². The van der Waals surface area contributed by atoms with Crippen molar-refractivity contribution in [1.29, 1.82) is 0 Å². The quantitative estimate of drug-likeness (QED) is 0.652. The first-order valence-electron chi connectivity index (χ1n) is 7.75. The van der Waals surface area contributed by atoms with Gasteiger partial charge in [-0.3, -0.25) is 4.79 Å². The number of carbonyl (C=O) groups is 1. The molecule has 0 unspecified atom stereocenters. The van der Waals surface area contributed by atoms with Gasteiger partial charge in [0.05, 0.1) is 5.69 Å². The predicted molar refractivity (Wildman–Crippen MR) is 95.4 cm³/mol. The SMILES string of the molecule is O=C(CCCc1nc(-c2ccccc2)no1)Nc1ccc(Br)cc1F. The van der Waals surface area contributed by atoms with Crippen LogP contribution >= 0.6 is 15.9 Å². The van der Waals surface area contributed by atoms with Gasteiger partial charge in [-0.1, -0.05) is 51.4 Å². The first-order valence-corrected chi connectivity index (χ1v) is 8.54. The molecule has 0 bridgehead atoms. The number of nitrogens with one attached hydrogen (secondary N) is 1. The summed E-state index contributed by atoms with van der Waals surface area (Å²) in [5.74, 6) is 0.259. The van der Waals surface area contributed by atoms with Crippen LogP contribution in [0.25, 0.3) is 11.4 Å². The summed E-state index contributed by atoms with van der Waals surface area (Å²) in [4.78, 5) is 16.2. The summed E-state index contributed by atoms with van der Waals surface area (Å²) < 4.78 is 19.5. The summed E-state index contributed by atoms with van der Waals surface area (Å²) in [6.07, 6.45) is 1.25. The van der Waals surface area contributed by atoms with Crippen molar-refractivity contribution in [3.05, 3.63) is 64.7 Å². The summed E-state index contributed by atoms with van der Waals surface area (Å²) in [6.45, 7) is 0. The van der Waals surface area contributed by atoms with Crippen molar-refractivity contribution in [3.8, 4) is 11.4 Å². The van der Waals surface area contributed by atoms with Crippen LogP contribution in [0.4, 0.5) is 10.1 Å². The molecule has 2 aromatic carbocycles. The maximum Gasteiger partial charge on any atom is 0.226 e. The highest BCUT2D eigenvalue weighted by Gasteiger charge is 2.11. The monoisotopic (exact) mass is 403 g/mol. The van der Waals surface area contributed by atoms with Crippen LogP contribution in [-0.4, -0.2) is 16.0 Å². The van der Waals surface area contributed by atoms with E-state index >= 15 is 0 Å².